The molecule has 3 aromatic heterocycles. The van der Waals surface area contributed by atoms with Gasteiger partial charge in [-0.25, -0.2) is 0 Å². The zero-order valence-electron chi connectivity index (χ0n) is 10.9. The van der Waals surface area contributed by atoms with Gasteiger partial charge in [0.1, 0.15) is 10.8 Å². The lowest BCUT2D eigenvalue weighted by atomic mass is 10.2. The zero-order valence-corrected chi connectivity index (χ0v) is 11.7. The molecule has 0 amide bonds. The van der Waals surface area contributed by atoms with Gasteiger partial charge in [-0.2, -0.15) is 9.61 Å². The van der Waals surface area contributed by atoms with Crippen molar-refractivity contribution in [2.24, 2.45) is 0 Å². The van der Waals surface area contributed by atoms with Gasteiger partial charge in [0.15, 0.2) is 5.82 Å². The summed E-state index contributed by atoms with van der Waals surface area (Å²) in [5.41, 5.74) is 0.997. The smallest absolute Gasteiger partial charge is 0.235 e. The fraction of sp³-hybridized carbons (Fsp3) is 0. The van der Waals surface area contributed by atoms with Crippen LogP contribution in [-0.4, -0.2) is 19.8 Å². The van der Waals surface area contributed by atoms with E-state index >= 15 is 0 Å². The maximum absolute atomic E-state index is 5.26. The van der Waals surface area contributed by atoms with Crippen molar-refractivity contribution < 1.29 is 4.42 Å². The van der Waals surface area contributed by atoms with Crippen LogP contribution in [0, 0.1) is 0 Å². The number of aromatic nitrogens is 4. The summed E-state index contributed by atoms with van der Waals surface area (Å²) in [7, 11) is 0. The van der Waals surface area contributed by atoms with Gasteiger partial charge in [0.2, 0.25) is 4.96 Å². The first-order valence-corrected chi connectivity index (χ1v) is 7.21. The molecule has 0 N–H and O–H groups in total. The molecule has 0 aliphatic rings. The van der Waals surface area contributed by atoms with E-state index in [1.165, 1.54) is 11.3 Å². The zero-order chi connectivity index (χ0) is 14.1. The Morgan fingerprint density at radius 1 is 1.00 bits per heavy atom. The average Bonchev–Trinajstić information content (AvgIpc) is 3.22. The van der Waals surface area contributed by atoms with Crippen molar-refractivity contribution in [3.8, 4) is 11.4 Å². The van der Waals surface area contributed by atoms with Crippen molar-refractivity contribution >= 4 is 28.4 Å². The Bertz CT molecular complexity index is 890. The lowest BCUT2D eigenvalue weighted by Gasteiger charge is -1.94. The average molecular weight is 294 g/mol. The minimum absolute atomic E-state index is 0.750. The maximum Gasteiger partial charge on any atom is 0.235 e. The minimum atomic E-state index is 0.750. The van der Waals surface area contributed by atoms with Crippen LogP contribution >= 0.6 is 11.3 Å². The number of rotatable bonds is 3. The van der Waals surface area contributed by atoms with Crippen molar-refractivity contribution in [2.75, 3.05) is 0 Å². The first-order valence-electron chi connectivity index (χ1n) is 6.39. The third kappa shape index (κ3) is 2.25. The van der Waals surface area contributed by atoms with Gasteiger partial charge in [-0.05, 0) is 24.3 Å². The second-order valence-electron chi connectivity index (χ2n) is 4.37. The van der Waals surface area contributed by atoms with Gasteiger partial charge in [0.05, 0.1) is 6.26 Å². The molecular weight excluding hydrogens is 284 g/mol. The number of fused-ring (bicyclic) bond motifs is 1. The molecule has 21 heavy (non-hydrogen) atoms. The lowest BCUT2D eigenvalue weighted by molar-refractivity contribution is 0.557. The highest BCUT2D eigenvalue weighted by Gasteiger charge is 2.11. The SMILES string of the molecule is C(=C\c1nn2c(-c3ccccc3)nnc2s1)/c1ccco1. The molecule has 4 aromatic rings. The predicted molar refractivity (Wildman–Crippen MR) is 81.7 cm³/mol. The Morgan fingerprint density at radius 3 is 2.71 bits per heavy atom. The van der Waals surface area contributed by atoms with Crippen LogP contribution in [-0.2, 0) is 0 Å². The highest BCUT2D eigenvalue weighted by atomic mass is 32.1. The van der Waals surface area contributed by atoms with E-state index in [9.17, 15) is 0 Å². The summed E-state index contributed by atoms with van der Waals surface area (Å²) in [4.78, 5) is 0.771. The van der Waals surface area contributed by atoms with Crippen molar-refractivity contribution in [3.63, 3.8) is 0 Å². The van der Waals surface area contributed by atoms with Crippen LogP contribution in [0.5, 0.6) is 0 Å². The quantitative estimate of drug-likeness (QED) is 0.579. The van der Waals surface area contributed by atoms with Crippen molar-refractivity contribution in [3.05, 3.63) is 59.5 Å². The van der Waals surface area contributed by atoms with Gasteiger partial charge >= 0.3 is 0 Å². The summed E-state index contributed by atoms with van der Waals surface area (Å²) >= 11 is 1.48. The van der Waals surface area contributed by atoms with Crippen molar-refractivity contribution in [1.29, 1.82) is 0 Å². The van der Waals surface area contributed by atoms with Crippen LogP contribution in [0.3, 0.4) is 0 Å². The molecule has 1 aromatic carbocycles. The number of hydrogen-bond acceptors (Lipinski definition) is 5. The molecule has 0 spiro atoms. The summed E-state index contributed by atoms with van der Waals surface area (Å²) in [5.74, 6) is 1.55. The summed E-state index contributed by atoms with van der Waals surface area (Å²) in [6.45, 7) is 0. The molecule has 0 atom stereocenters. The van der Waals surface area contributed by atoms with Crippen LogP contribution in [0.2, 0.25) is 0 Å². The molecular formula is C15H10N4OS. The van der Waals surface area contributed by atoms with Gasteiger partial charge in [-0.3, -0.25) is 0 Å². The van der Waals surface area contributed by atoms with E-state index < -0.39 is 0 Å². The van der Waals surface area contributed by atoms with Crippen molar-refractivity contribution in [2.45, 2.75) is 0 Å². The largest absolute Gasteiger partial charge is 0.465 e. The summed E-state index contributed by atoms with van der Waals surface area (Å²) in [6.07, 6.45) is 5.44. The molecule has 0 bridgehead atoms. The molecule has 3 heterocycles. The van der Waals surface area contributed by atoms with E-state index in [0.717, 1.165) is 27.1 Å². The number of furan rings is 1. The first kappa shape index (κ1) is 12.0. The topological polar surface area (TPSA) is 56.2 Å². The number of hydrogen-bond donors (Lipinski definition) is 0. The second kappa shape index (κ2) is 4.99. The Kier molecular flexibility index (Phi) is 2.86. The highest BCUT2D eigenvalue weighted by Crippen LogP contribution is 2.22. The summed E-state index contributed by atoms with van der Waals surface area (Å²) < 4.78 is 7.02. The molecule has 4 rings (SSSR count). The Balaban J connectivity index is 1.73. The molecule has 0 radical (unpaired) electrons. The Labute approximate surface area is 124 Å². The molecule has 0 unspecified atom stereocenters. The Morgan fingerprint density at radius 2 is 1.90 bits per heavy atom. The molecule has 102 valence electrons. The molecule has 6 heteroatoms. The van der Waals surface area contributed by atoms with E-state index in [1.807, 2.05) is 54.6 Å². The molecule has 0 aliphatic carbocycles. The van der Waals surface area contributed by atoms with Crippen LogP contribution in [0.15, 0.2) is 53.1 Å². The number of benzene rings is 1. The van der Waals surface area contributed by atoms with Crippen LogP contribution in [0.4, 0.5) is 0 Å². The Hall–Kier alpha value is -2.73. The minimum Gasteiger partial charge on any atom is -0.465 e. The van der Waals surface area contributed by atoms with Gasteiger partial charge in [-0.15, -0.1) is 10.2 Å². The van der Waals surface area contributed by atoms with Crippen molar-refractivity contribution in [1.82, 2.24) is 19.8 Å². The highest BCUT2D eigenvalue weighted by molar-refractivity contribution is 7.17. The molecule has 5 nitrogen and oxygen atoms in total. The fourth-order valence-electron chi connectivity index (χ4n) is 2.01. The van der Waals surface area contributed by atoms with Gasteiger partial charge in [-0.1, -0.05) is 41.7 Å². The van der Waals surface area contributed by atoms with Crippen LogP contribution in [0.25, 0.3) is 28.5 Å². The third-order valence-corrected chi connectivity index (χ3v) is 3.84. The molecule has 0 aliphatic heterocycles. The van der Waals surface area contributed by atoms with E-state index in [2.05, 4.69) is 15.3 Å². The monoisotopic (exact) mass is 294 g/mol. The normalized spacial score (nSPS) is 11.6. The lowest BCUT2D eigenvalue weighted by Crippen LogP contribution is -1.90. The van der Waals surface area contributed by atoms with E-state index in [1.54, 1.807) is 10.8 Å². The van der Waals surface area contributed by atoms with Gasteiger partial charge in [0, 0.05) is 5.56 Å². The summed E-state index contributed by atoms with van der Waals surface area (Å²) in [6, 6.07) is 13.7. The van der Waals surface area contributed by atoms with Gasteiger partial charge in [0.25, 0.3) is 0 Å². The standard InChI is InChI=1S/C15H10N4OS/c1-2-5-11(6-3-1)14-16-17-15-19(14)18-13(21-15)9-8-12-7-4-10-20-12/h1-10H/b9-8+. The van der Waals surface area contributed by atoms with Crippen LogP contribution < -0.4 is 0 Å². The molecule has 0 saturated carbocycles. The molecule has 0 fully saturated rings. The maximum atomic E-state index is 5.26. The molecule has 0 saturated heterocycles. The number of nitrogens with zero attached hydrogens (tertiary/aromatic N) is 4. The van der Waals surface area contributed by atoms with Gasteiger partial charge < -0.3 is 4.42 Å². The first-order chi connectivity index (χ1) is 10.4. The van der Waals surface area contributed by atoms with E-state index in [-0.39, 0.29) is 0 Å². The predicted octanol–water partition coefficient (Wildman–Crippen LogP) is 3.62. The summed E-state index contributed by atoms with van der Waals surface area (Å²) in [5, 5.41) is 13.8. The fourth-order valence-corrected chi connectivity index (χ4v) is 2.75. The van der Waals surface area contributed by atoms with E-state index in [0.29, 0.717) is 0 Å². The van der Waals surface area contributed by atoms with E-state index in [4.69, 9.17) is 4.42 Å². The third-order valence-electron chi connectivity index (χ3n) is 2.97. The second-order valence-corrected chi connectivity index (χ2v) is 5.36. The van der Waals surface area contributed by atoms with Crippen LogP contribution in [0.1, 0.15) is 10.8 Å².